The summed E-state index contributed by atoms with van der Waals surface area (Å²) < 4.78 is 5.20. The van der Waals surface area contributed by atoms with Crippen molar-refractivity contribution in [3.63, 3.8) is 0 Å². The molecule has 0 aliphatic rings. The summed E-state index contributed by atoms with van der Waals surface area (Å²) in [6.45, 7) is 0.520. The summed E-state index contributed by atoms with van der Waals surface area (Å²) in [5.41, 5.74) is 10.3. The van der Waals surface area contributed by atoms with E-state index in [0.29, 0.717) is 29.4 Å². The number of amides is 2. The third-order valence-corrected chi connectivity index (χ3v) is 5.89. The molecule has 5 N–H and O–H groups in total. The molecule has 0 saturated heterocycles. The highest BCUT2D eigenvalue weighted by molar-refractivity contribution is 6.03. The van der Waals surface area contributed by atoms with E-state index in [1.54, 1.807) is 55.7 Å². The average Bonchev–Trinajstić information content (AvgIpc) is 2.95. The molecule has 4 aromatic rings. The number of hydrogen-bond donors (Lipinski definition) is 4. The van der Waals surface area contributed by atoms with E-state index in [1.807, 2.05) is 60.7 Å². The number of para-hydroxylation sites is 2. The lowest BCUT2D eigenvalue weighted by Crippen LogP contribution is -2.32. The molecule has 0 aromatic heterocycles. The van der Waals surface area contributed by atoms with Crippen LogP contribution >= 0.6 is 0 Å². The number of ether oxygens (including phenoxy) is 1. The maximum atomic E-state index is 13.3. The molecule has 0 fully saturated rings. The molecule has 0 aliphatic carbocycles. The molecule has 1 atom stereocenters. The molecule has 4 rings (SSSR count). The van der Waals surface area contributed by atoms with Gasteiger partial charge in [0.2, 0.25) is 11.8 Å². The van der Waals surface area contributed by atoms with Gasteiger partial charge in [0.05, 0.1) is 18.5 Å². The summed E-state index contributed by atoms with van der Waals surface area (Å²) >= 11 is 0. The monoisotopic (exact) mass is 506 g/mol. The van der Waals surface area contributed by atoms with Gasteiger partial charge in [-0.2, -0.15) is 0 Å². The van der Waals surface area contributed by atoms with Gasteiger partial charge in [-0.15, -0.1) is 0 Å². The molecule has 7 nitrogen and oxygen atoms in total. The topological polar surface area (TPSA) is 105 Å². The molecule has 1 unspecified atom stereocenters. The molecule has 38 heavy (non-hydrogen) atoms. The Kier molecular flexibility index (Phi) is 8.89. The second-order valence-corrected chi connectivity index (χ2v) is 8.59. The number of nitrogens with two attached hydrogens (primary N) is 1. The van der Waals surface area contributed by atoms with Gasteiger partial charge < -0.3 is 21.1 Å². The number of carbonyl (C=O) groups is 2. The summed E-state index contributed by atoms with van der Waals surface area (Å²) in [6, 6.07) is 31.1. The summed E-state index contributed by atoms with van der Waals surface area (Å²) in [7, 11) is 1.60. The number of nitrogen functional groups attached to an aromatic ring is 1. The molecule has 4 aromatic carbocycles. The van der Waals surface area contributed by atoms with E-state index in [4.69, 9.17) is 10.5 Å². The Morgan fingerprint density at radius 1 is 0.842 bits per heavy atom. The van der Waals surface area contributed by atoms with Crippen LogP contribution in [0.15, 0.2) is 109 Å². The zero-order valence-corrected chi connectivity index (χ0v) is 21.1. The van der Waals surface area contributed by atoms with Crippen molar-refractivity contribution in [1.82, 2.24) is 5.32 Å². The van der Waals surface area contributed by atoms with Crippen LogP contribution in [0.25, 0.3) is 6.08 Å². The molecule has 0 aliphatic heterocycles. The van der Waals surface area contributed by atoms with Crippen molar-refractivity contribution in [1.29, 1.82) is 0 Å². The van der Waals surface area contributed by atoms with Gasteiger partial charge in [0.1, 0.15) is 11.8 Å². The van der Waals surface area contributed by atoms with Gasteiger partial charge in [0, 0.05) is 18.3 Å². The first kappa shape index (κ1) is 26.2. The zero-order valence-electron chi connectivity index (χ0n) is 21.1. The maximum Gasteiger partial charge on any atom is 0.248 e. The lowest BCUT2D eigenvalue weighted by Gasteiger charge is -2.19. The fraction of sp³-hybridized carbons (Fsp3) is 0.0968. The van der Waals surface area contributed by atoms with Crippen LogP contribution in [0.4, 0.5) is 17.1 Å². The van der Waals surface area contributed by atoms with Gasteiger partial charge in [-0.3, -0.25) is 14.9 Å². The van der Waals surface area contributed by atoms with E-state index in [1.165, 1.54) is 6.08 Å². The lowest BCUT2D eigenvalue weighted by atomic mass is 10.0. The average molecular weight is 507 g/mol. The Bertz CT molecular complexity index is 1390. The van der Waals surface area contributed by atoms with E-state index in [9.17, 15) is 9.59 Å². The number of carbonyl (C=O) groups excluding carboxylic acids is 2. The van der Waals surface area contributed by atoms with Crippen LogP contribution in [0.5, 0.6) is 5.75 Å². The SMILES string of the molecule is COc1ccc(NC(=O)C(NCc2ccccc2)c2ccc(/C=C/C(=O)Nc3ccccc3N)cc2)cc1. The molecule has 0 spiro atoms. The van der Waals surface area contributed by atoms with Gasteiger partial charge in [-0.1, -0.05) is 66.7 Å². The molecular formula is C31H30N4O3. The molecule has 192 valence electrons. The van der Waals surface area contributed by atoms with Crippen LogP contribution in [0, 0.1) is 0 Å². The summed E-state index contributed by atoms with van der Waals surface area (Å²) in [5.74, 6) is 0.244. The van der Waals surface area contributed by atoms with Gasteiger partial charge in [0.15, 0.2) is 0 Å². The Balaban J connectivity index is 1.46. The first-order valence-corrected chi connectivity index (χ1v) is 12.2. The zero-order chi connectivity index (χ0) is 26.7. The molecule has 0 bridgehead atoms. The van der Waals surface area contributed by atoms with Crippen molar-refractivity contribution in [2.45, 2.75) is 12.6 Å². The van der Waals surface area contributed by atoms with E-state index < -0.39 is 6.04 Å². The predicted molar refractivity (Wildman–Crippen MR) is 153 cm³/mol. The largest absolute Gasteiger partial charge is 0.497 e. The van der Waals surface area contributed by atoms with E-state index >= 15 is 0 Å². The molecule has 0 heterocycles. The van der Waals surface area contributed by atoms with Crippen LogP contribution in [-0.2, 0) is 16.1 Å². The highest BCUT2D eigenvalue weighted by atomic mass is 16.5. The van der Waals surface area contributed by atoms with Crippen molar-refractivity contribution in [2.75, 3.05) is 23.5 Å². The number of anilines is 3. The predicted octanol–water partition coefficient (Wildman–Crippen LogP) is 5.40. The first-order chi connectivity index (χ1) is 18.5. The van der Waals surface area contributed by atoms with Crippen LogP contribution in [0.3, 0.4) is 0 Å². The highest BCUT2D eigenvalue weighted by Crippen LogP contribution is 2.21. The second kappa shape index (κ2) is 12.9. The smallest absolute Gasteiger partial charge is 0.248 e. The summed E-state index contributed by atoms with van der Waals surface area (Å²) in [5, 5.41) is 9.11. The number of hydrogen-bond acceptors (Lipinski definition) is 5. The number of methoxy groups -OCH3 is 1. The molecular weight excluding hydrogens is 476 g/mol. The fourth-order valence-corrected chi connectivity index (χ4v) is 3.82. The van der Waals surface area contributed by atoms with Crippen LogP contribution in [-0.4, -0.2) is 18.9 Å². The minimum atomic E-state index is -0.598. The molecule has 2 amide bonds. The third-order valence-electron chi connectivity index (χ3n) is 5.89. The first-order valence-electron chi connectivity index (χ1n) is 12.2. The minimum Gasteiger partial charge on any atom is -0.497 e. The van der Waals surface area contributed by atoms with Gasteiger partial charge >= 0.3 is 0 Å². The molecule has 0 radical (unpaired) electrons. The van der Waals surface area contributed by atoms with E-state index in [0.717, 1.165) is 16.7 Å². The Morgan fingerprint density at radius 2 is 1.53 bits per heavy atom. The van der Waals surface area contributed by atoms with Crippen molar-refractivity contribution in [2.24, 2.45) is 0 Å². The molecule has 0 saturated carbocycles. The standard InChI is InChI=1S/C31H30N4O3/c1-38-26-18-16-25(17-19-26)34-31(37)30(33-21-23-7-3-2-4-8-23)24-14-11-22(12-15-24)13-20-29(36)35-28-10-6-5-9-27(28)32/h2-20,30,33H,21,32H2,1H3,(H,34,37)(H,35,36)/b20-13+. The van der Waals surface area contributed by atoms with Crippen molar-refractivity contribution < 1.29 is 14.3 Å². The van der Waals surface area contributed by atoms with Crippen molar-refractivity contribution in [3.8, 4) is 5.75 Å². The molecule has 7 heteroatoms. The highest BCUT2D eigenvalue weighted by Gasteiger charge is 2.20. The second-order valence-electron chi connectivity index (χ2n) is 8.59. The number of nitrogens with one attached hydrogen (secondary N) is 3. The van der Waals surface area contributed by atoms with Crippen LogP contribution < -0.4 is 26.4 Å². The quantitative estimate of drug-likeness (QED) is 0.170. The maximum absolute atomic E-state index is 13.3. The number of rotatable bonds is 10. The van der Waals surface area contributed by atoms with Crippen molar-refractivity contribution >= 4 is 35.0 Å². The Labute approximate surface area is 222 Å². The van der Waals surface area contributed by atoms with Gasteiger partial charge in [-0.05, 0) is 59.2 Å². The van der Waals surface area contributed by atoms with Crippen LogP contribution in [0.1, 0.15) is 22.7 Å². The van der Waals surface area contributed by atoms with Crippen molar-refractivity contribution in [3.05, 3.63) is 126 Å². The van der Waals surface area contributed by atoms with E-state index in [-0.39, 0.29) is 11.8 Å². The third kappa shape index (κ3) is 7.32. The van der Waals surface area contributed by atoms with Gasteiger partial charge in [0.25, 0.3) is 0 Å². The Hall–Kier alpha value is -4.88. The summed E-state index contributed by atoms with van der Waals surface area (Å²) in [6.07, 6.45) is 3.16. The fourth-order valence-electron chi connectivity index (χ4n) is 3.82. The Morgan fingerprint density at radius 3 is 2.21 bits per heavy atom. The van der Waals surface area contributed by atoms with Crippen LogP contribution in [0.2, 0.25) is 0 Å². The normalized spacial score (nSPS) is 11.6. The number of benzene rings is 4. The van der Waals surface area contributed by atoms with E-state index in [2.05, 4.69) is 16.0 Å². The minimum absolute atomic E-state index is 0.186. The van der Waals surface area contributed by atoms with Gasteiger partial charge in [-0.25, -0.2) is 0 Å². The lowest BCUT2D eigenvalue weighted by molar-refractivity contribution is -0.118. The summed E-state index contributed by atoms with van der Waals surface area (Å²) in [4.78, 5) is 25.6.